The molecule has 1 saturated carbocycles. The molecule has 1 heterocycles. The highest BCUT2D eigenvalue weighted by Crippen LogP contribution is 2.60. The standard InChI is InChI=1S/C18H30O2Si/c1-17(2)9-6-10-18(3)15(17)8-7-13-12-21(4,5)20-11-14(19)16(13)18/h7-8,13,15-16H,6,9-12H2,1-5H3/t13?,15?,16?,18-/m0/s1. The third-order valence-corrected chi connectivity index (χ3v) is 8.84. The predicted octanol–water partition coefficient (Wildman–Crippen LogP) is 4.43. The summed E-state index contributed by atoms with van der Waals surface area (Å²) in [7, 11) is -1.69. The average Bonchev–Trinajstić information content (AvgIpc) is 2.45. The van der Waals surface area contributed by atoms with Crippen molar-refractivity contribution >= 4 is 14.1 Å². The third kappa shape index (κ3) is 2.46. The molecule has 0 aromatic heterocycles. The molecule has 0 bridgehead atoms. The summed E-state index contributed by atoms with van der Waals surface area (Å²) in [5, 5.41) is 0. The first-order chi connectivity index (χ1) is 9.66. The van der Waals surface area contributed by atoms with Crippen LogP contribution in [-0.2, 0) is 9.22 Å². The molecule has 0 radical (unpaired) electrons. The quantitative estimate of drug-likeness (QED) is 0.489. The maximum Gasteiger partial charge on any atom is 0.188 e. The van der Waals surface area contributed by atoms with Crippen LogP contribution >= 0.6 is 0 Å². The van der Waals surface area contributed by atoms with E-state index in [1.54, 1.807) is 0 Å². The minimum absolute atomic E-state index is 0.135. The van der Waals surface area contributed by atoms with E-state index < -0.39 is 8.32 Å². The number of carbonyl (C=O) groups excluding carboxylic acids is 1. The molecule has 4 atom stereocenters. The van der Waals surface area contributed by atoms with Gasteiger partial charge in [-0.2, -0.15) is 0 Å². The summed E-state index contributed by atoms with van der Waals surface area (Å²) in [6.45, 7) is 12.0. The fraction of sp³-hybridized carbons (Fsp3) is 0.833. The molecular weight excluding hydrogens is 276 g/mol. The molecule has 1 aliphatic heterocycles. The largest absolute Gasteiger partial charge is 0.410 e. The van der Waals surface area contributed by atoms with E-state index >= 15 is 0 Å². The van der Waals surface area contributed by atoms with Crippen LogP contribution in [0.2, 0.25) is 19.1 Å². The van der Waals surface area contributed by atoms with Crippen LogP contribution in [0.25, 0.3) is 0 Å². The van der Waals surface area contributed by atoms with Crippen LogP contribution in [0.4, 0.5) is 0 Å². The highest BCUT2D eigenvalue weighted by atomic mass is 28.4. The first-order valence-electron chi connectivity index (χ1n) is 8.51. The lowest BCUT2D eigenvalue weighted by atomic mass is 9.48. The van der Waals surface area contributed by atoms with E-state index in [0.29, 0.717) is 29.6 Å². The number of allylic oxidation sites excluding steroid dienone is 2. The molecule has 3 rings (SSSR count). The summed E-state index contributed by atoms with van der Waals surface area (Å²) in [5.74, 6) is 1.50. The van der Waals surface area contributed by atoms with Gasteiger partial charge in [0, 0.05) is 5.92 Å². The summed E-state index contributed by atoms with van der Waals surface area (Å²) in [5.41, 5.74) is 0.450. The van der Waals surface area contributed by atoms with Crippen molar-refractivity contribution in [3.05, 3.63) is 12.2 Å². The Labute approximate surface area is 130 Å². The zero-order valence-electron chi connectivity index (χ0n) is 14.2. The van der Waals surface area contributed by atoms with Gasteiger partial charge in [-0.05, 0) is 54.6 Å². The Morgan fingerprint density at radius 2 is 1.90 bits per heavy atom. The maximum atomic E-state index is 12.9. The zero-order valence-corrected chi connectivity index (χ0v) is 15.2. The Morgan fingerprint density at radius 1 is 1.19 bits per heavy atom. The molecule has 0 spiro atoms. The summed E-state index contributed by atoms with van der Waals surface area (Å²) < 4.78 is 6.03. The number of ketones is 1. The van der Waals surface area contributed by atoms with Gasteiger partial charge in [0.15, 0.2) is 14.1 Å². The highest BCUT2D eigenvalue weighted by molar-refractivity contribution is 6.71. The Hall–Kier alpha value is -0.413. The predicted molar refractivity (Wildman–Crippen MR) is 88.6 cm³/mol. The monoisotopic (exact) mass is 306 g/mol. The van der Waals surface area contributed by atoms with Gasteiger partial charge in [0.2, 0.25) is 0 Å². The van der Waals surface area contributed by atoms with E-state index in [1.165, 1.54) is 19.3 Å². The first kappa shape index (κ1) is 15.5. The van der Waals surface area contributed by atoms with Gasteiger partial charge in [0.05, 0.1) is 6.61 Å². The molecule has 0 aromatic rings. The van der Waals surface area contributed by atoms with Gasteiger partial charge in [-0.25, -0.2) is 0 Å². The lowest BCUT2D eigenvalue weighted by molar-refractivity contribution is -0.136. The van der Waals surface area contributed by atoms with Gasteiger partial charge in [-0.15, -0.1) is 0 Å². The average molecular weight is 307 g/mol. The first-order valence-corrected chi connectivity index (χ1v) is 11.6. The fourth-order valence-electron chi connectivity index (χ4n) is 5.59. The second kappa shape index (κ2) is 4.79. The number of Topliss-reactive ketones (excluding diaryl/α,β-unsaturated/α-hetero) is 1. The van der Waals surface area contributed by atoms with E-state index in [-0.39, 0.29) is 11.3 Å². The van der Waals surface area contributed by atoms with Crippen molar-refractivity contribution in [3.63, 3.8) is 0 Å². The number of hydrogen-bond acceptors (Lipinski definition) is 2. The van der Waals surface area contributed by atoms with Crippen LogP contribution in [0.15, 0.2) is 12.2 Å². The smallest absolute Gasteiger partial charge is 0.188 e. The summed E-state index contributed by atoms with van der Waals surface area (Å²) in [6.07, 6.45) is 8.57. The number of rotatable bonds is 0. The van der Waals surface area contributed by atoms with Crippen LogP contribution in [0.5, 0.6) is 0 Å². The lowest BCUT2D eigenvalue weighted by Crippen LogP contribution is -2.52. The summed E-state index contributed by atoms with van der Waals surface area (Å²) in [4.78, 5) is 12.9. The second-order valence-corrected chi connectivity index (χ2v) is 13.3. The normalized spacial score (nSPS) is 44.6. The molecule has 3 heteroatoms. The van der Waals surface area contributed by atoms with Gasteiger partial charge >= 0.3 is 0 Å². The number of carbonyl (C=O) groups is 1. The van der Waals surface area contributed by atoms with Gasteiger partial charge in [-0.3, -0.25) is 4.79 Å². The van der Waals surface area contributed by atoms with Crippen LogP contribution < -0.4 is 0 Å². The summed E-state index contributed by atoms with van der Waals surface area (Å²) in [6, 6.07) is 1.10. The van der Waals surface area contributed by atoms with Crippen LogP contribution in [0.3, 0.4) is 0 Å². The van der Waals surface area contributed by atoms with Gasteiger partial charge in [0.25, 0.3) is 0 Å². The molecule has 2 nitrogen and oxygen atoms in total. The van der Waals surface area contributed by atoms with Crippen molar-refractivity contribution in [3.8, 4) is 0 Å². The van der Waals surface area contributed by atoms with E-state index in [0.717, 1.165) is 6.04 Å². The van der Waals surface area contributed by atoms with E-state index in [2.05, 4.69) is 46.0 Å². The molecule has 21 heavy (non-hydrogen) atoms. The van der Waals surface area contributed by atoms with Crippen molar-refractivity contribution in [1.29, 1.82) is 0 Å². The van der Waals surface area contributed by atoms with Gasteiger partial charge in [0.1, 0.15) is 0 Å². The Morgan fingerprint density at radius 3 is 2.62 bits per heavy atom. The zero-order chi connectivity index (χ0) is 15.5. The van der Waals surface area contributed by atoms with Crippen LogP contribution in [0, 0.1) is 28.6 Å². The molecule has 0 N–H and O–H groups in total. The fourth-order valence-corrected chi connectivity index (χ4v) is 7.74. The Kier molecular flexibility index (Phi) is 3.53. The molecule has 3 aliphatic rings. The molecule has 118 valence electrons. The van der Waals surface area contributed by atoms with Crippen molar-refractivity contribution in [1.82, 2.24) is 0 Å². The van der Waals surface area contributed by atoms with E-state index in [9.17, 15) is 4.79 Å². The molecule has 1 saturated heterocycles. The molecular formula is C18H30O2Si. The molecule has 2 aliphatic carbocycles. The molecule has 0 aromatic carbocycles. The third-order valence-electron chi connectivity index (χ3n) is 6.46. The summed E-state index contributed by atoms with van der Waals surface area (Å²) >= 11 is 0. The Bertz CT molecular complexity index is 480. The molecule has 2 fully saturated rings. The number of fused-ring (bicyclic) bond motifs is 3. The second-order valence-electron chi connectivity index (χ2n) is 9.07. The van der Waals surface area contributed by atoms with Crippen molar-refractivity contribution in [2.24, 2.45) is 28.6 Å². The highest BCUT2D eigenvalue weighted by Gasteiger charge is 2.56. The molecule has 3 unspecified atom stereocenters. The van der Waals surface area contributed by atoms with Gasteiger partial charge < -0.3 is 4.43 Å². The van der Waals surface area contributed by atoms with Gasteiger partial charge in [-0.1, -0.05) is 39.3 Å². The van der Waals surface area contributed by atoms with Crippen molar-refractivity contribution in [2.75, 3.05) is 6.61 Å². The van der Waals surface area contributed by atoms with Crippen LogP contribution in [0.1, 0.15) is 40.0 Å². The van der Waals surface area contributed by atoms with Crippen molar-refractivity contribution < 1.29 is 9.22 Å². The lowest BCUT2D eigenvalue weighted by Gasteiger charge is -2.56. The van der Waals surface area contributed by atoms with Crippen molar-refractivity contribution in [2.45, 2.75) is 59.2 Å². The molecule has 0 amide bonds. The van der Waals surface area contributed by atoms with Crippen LogP contribution in [-0.4, -0.2) is 20.7 Å². The van der Waals surface area contributed by atoms with E-state index in [4.69, 9.17) is 4.43 Å². The van der Waals surface area contributed by atoms with E-state index in [1.807, 2.05) is 0 Å². The minimum atomic E-state index is -1.69. The Balaban J connectivity index is 2.04. The SMILES string of the molecule is CC1(C)CCC[C@]2(C)C3C(=O)CO[Si](C)(C)CC3C=CC12. The minimum Gasteiger partial charge on any atom is -0.410 e. The topological polar surface area (TPSA) is 26.3 Å². The number of hydrogen-bond donors (Lipinski definition) is 0. The maximum absolute atomic E-state index is 12.9.